The van der Waals surface area contributed by atoms with Gasteiger partial charge in [0.2, 0.25) is 5.75 Å². The molecule has 0 saturated carbocycles. The van der Waals surface area contributed by atoms with Crippen LogP contribution in [0.1, 0.15) is 16.7 Å². The predicted molar refractivity (Wildman–Crippen MR) is 80.8 cm³/mol. The van der Waals surface area contributed by atoms with Crippen LogP contribution in [-0.2, 0) is 13.0 Å². The first-order valence-electron chi connectivity index (χ1n) is 6.54. The van der Waals surface area contributed by atoms with Crippen LogP contribution in [0.25, 0.3) is 0 Å². The standard InChI is InChI=1S/C14H14F2N2O3S/c1-2-10-4-5-11(22-10)8-17-9-3-6-12(18(19)20)13(7-9)21-14(15)16/h3-7,14,17H,2,8H2,1H3. The van der Waals surface area contributed by atoms with Gasteiger partial charge in [0.1, 0.15) is 0 Å². The van der Waals surface area contributed by atoms with E-state index in [1.165, 1.54) is 17.0 Å². The number of benzene rings is 1. The largest absolute Gasteiger partial charge is 0.427 e. The first-order valence-corrected chi connectivity index (χ1v) is 7.36. The van der Waals surface area contributed by atoms with Crippen molar-refractivity contribution in [1.82, 2.24) is 0 Å². The van der Waals surface area contributed by atoms with E-state index in [0.717, 1.165) is 17.4 Å². The predicted octanol–water partition coefficient (Wildman–Crippen LogP) is 4.43. The zero-order valence-electron chi connectivity index (χ0n) is 11.7. The lowest BCUT2D eigenvalue weighted by Crippen LogP contribution is -2.05. The highest BCUT2D eigenvalue weighted by molar-refractivity contribution is 7.12. The fraction of sp³-hybridized carbons (Fsp3) is 0.286. The highest BCUT2D eigenvalue weighted by Gasteiger charge is 2.19. The van der Waals surface area contributed by atoms with E-state index in [4.69, 9.17) is 0 Å². The summed E-state index contributed by atoms with van der Waals surface area (Å²) in [5, 5.41) is 13.8. The number of thiophene rings is 1. The Labute approximate surface area is 129 Å². The molecule has 1 aromatic carbocycles. The van der Waals surface area contributed by atoms with Gasteiger partial charge < -0.3 is 10.1 Å². The summed E-state index contributed by atoms with van der Waals surface area (Å²) < 4.78 is 28.9. The van der Waals surface area contributed by atoms with Gasteiger partial charge in [-0.25, -0.2) is 0 Å². The van der Waals surface area contributed by atoms with Crippen molar-refractivity contribution in [3.8, 4) is 5.75 Å². The van der Waals surface area contributed by atoms with Crippen molar-refractivity contribution in [2.75, 3.05) is 5.32 Å². The lowest BCUT2D eigenvalue weighted by Gasteiger charge is -2.09. The molecule has 1 N–H and O–H groups in total. The normalized spacial score (nSPS) is 10.7. The van der Waals surface area contributed by atoms with Gasteiger partial charge in [0.05, 0.1) is 4.92 Å². The molecule has 0 fully saturated rings. The number of halogens is 2. The second kappa shape index (κ2) is 7.17. The summed E-state index contributed by atoms with van der Waals surface area (Å²) in [5.74, 6) is -0.453. The molecular formula is C14H14F2N2O3S. The number of nitrogens with zero attached hydrogens (tertiary/aromatic N) is 1. The molecule has 8 heteroatoms. The number of aryl methyl sites for hydroxylation is 1. The van der Waals surface area contributed by atoms with Crippen LogP contribution < -0.4 is 10.1 Å². The van der Waals surface area contributed by atoms with Gasteiger partial charge in [-0.05, 0) is 24.6 Å². The SMILES string of the molecule is CCc1ccc(CNc2ccc([N+](=O)[O-])c(OC(F)F)c2)s1. The number of nitro benzene ring substituents is 1. The Morgan fingerprint density at radius 1 is 1.32 bits per heavy atom. The number of ether oxygens (including phenoxy) is 1. The summed E-state index contributed by atoms with van der Waals surface area (Å²) in [5.41, 5.74) is -0.0112. The Balaban J connectivity index is 2.12. The van der Waals surface area contributed by atoms with Crippen LogP contribution >= 0.6 is 11.3 Å². The Hall–Kier alpha value is -2.22. The molecule has 0 radical (unpaired) electrons. The number of anilines is 1. The maximum absolute atomic E-state index is 12.3. The van der Waals surface area contributed by atoms with E-state index in [2.05, 4.69) is 17.0 Å². The molecule has 22 heavy (non-hydrogen) atoms. The molecular weight excluding hydrogens is 314 g/mol. The molecule has 0 aliphatic heterocycles. The van der Waals surface area contributed by atoms with Crippen LogP contribution in [0.4, 0.5) is 20.2 Å². The van der Waals surface area contributed by atoms with Crippen molar-refractivity contribution in [2.24, 2.45) is 0 Å². The average Bonchev–Trinajstić information content (AvgIpc) is 2.92. The van der Waals surface area contributed by atoms with Gasteiger partial charge in [0.15, 0.2) is 0 Å². The molecule has 0 spiro atoms. The molecule has 1 aromatic heterocycles. The van der Waals surface area contributed by atoms with Crippen LogP contribution in [0, 0.1) is 10.1 Å². The Morgan fingerprint density at radius 2 is 2.05 bits per heavy atom. The van der Waals surface area contributed by atoms with Gasteiger partial charge in [0, 0.05) is 34.1 Å². The van der Waals surface area contributed by atoms with E-state index >= 15 is 0 Å². The van der Waals surface area contributed by atoms with E-state index in [0.29, 0.717) is 12.2 Å². The highest BCUT2D eigenvalue weighted by Crippen LogP contribution is 2.31. The molecule has 0 atom stereocenters. The maximum atomic E-state index is 12.3. The van der Waals surface area contributed by atoms with Crippen molar-refractivity contribution >= 4 is 22.7 Å². The summed E-state index contributed by atoms with van der Waals surface area (Å²) in [6.07, 6.45) is 0.953. The summed E-state index contributed by atoms with van der Waals surface area (Å²) in [6.45, 7) is -0.539. The Morgan fingerprint density at radius 3 is 2.64 bits per heavy atom. The average molecular weight is 328 g/mol. The molecule has 0 bridgehead atoms. The van der Waals surface area contributed by atoms with Gasteiger partial charge in [-0.1, -0.05) is 6.92 Å². The zero-order chi connectivity index (χ0) is 16.1. The summed E-state index contributed by atoms with van der Waals surface area (Å²) in [6, 6.07) is 7.83. The van der Waals surface area contributed by atoms with Crippen LogP contribution in [0.5, 0.6) is 5.75 Å². The van der Waals surface area contributed by atoms with Crippen molar-refractivity contribution in [2.45, 2.75) is 26.5 Å². The Kier molecular flexibility index (Phi) is 5.26. The first-order chi connectivity index (χ1) is 10.5. The van der Waals surface area contributed by atoms with Crippen LogP contribution in [0.15, 0.2) is 30.3 Å². The van der Waals surface area contributed by atoms with E-state index in [9.17, 15) is 18.9 Å². The van der Waals surface area contributed by atoms with Crippen LogP contribution in [0.3, 0.4) is 0 Å². The number of hydrogen-bond donors (Lipinski definition) is 1. The van der Waals surface area contributed by atoms with Gasteiger partial charge in [-0.3, -0.25) is 10.1 Å². The van der Waals surface area contributed by atoms with Crippen molar-refractivity contribution in [3.63, 3.8) is 0 Å². The smallest absolute Gasteiger partial charge is 0.387 e. The first kappa shape index (κ1) is 16.2. The van der Waals surface area contributed by atoms with Crippen molar-refractivity contribution in [1.29, 1.82) is 0 Å². The molecule has 0 saturated heterocycles. The monoisotopic (exact) mass is 328 g/mol. The number of rotatable bonds is 7. The third-order valence-corrected chi connectivity index (χ3v) is 4.13. The second-order valence-corrected chi connectivity index (χ2v) is 5.65. The number of nitrogens with one attached hydrogen (secondary N) is 1. The minimum absolute atomic E-state index is 0.453. The minimum Gasteiger partial charge on any atom is -0.427 e. The third kappa shape index (κ3) is 4.14. The van der Waals surface area contributed by atoms with Crippen LogP contribution in [-0.4, -0.2) is 11.5 Å². The number of nitro groups is 1. The zero-order valence-corrected chi connectivity index (χ0v) is 12.5. The van der Waals surface area contributed by atoms with Crippen LogP contribution in [0.2, 0.25) is 0 Å². The summed E-state index contributed by atoms with van der Waals surface area (Å²) in [4.78, 5) is 12.4. The maximum Gasteiger partial charge on any atom is 0.387 e. The fourth-order valence-electron chi connectivity index (χ4n) is 1.86. The molecule has 0 aliphatic carbocycles. The molecule has 118 valence electrons. The second-order valence-electron chi connectivity index (χ2n) is 4.39. The quantitative estimate of drug-likeness (QED) is 0.603. The third-order valence-electron chi connectivity index (χ3n) is 2.91. The minimum atomic E-state index is -3.11. The number of hydrogen-bond acceptors (Lipinski definition) is 5. The molecule has 0 unspecified atom stereocenters. The fourth-order valence-corrected chi connectivity index (χ4v) is 2.76. The topological polar surface area (TPSA) is 64.4 Å². The summed E-state index contributed by atoms with van der Waals surface area (Å²) in [7, 11) is 0. The van der Waals surface area contributed by atoms with Gasteiger partial charge in [-0.2, -0.15) is 8.78 Å². The van der Waals surface area contributed by atoms with Crippen molar-refractivity contribution in [3.05, 3.63) is 50.2 Å². The molecule has 1 heterocycles. The van der Waals surface area contributed by atoms with E-state index in [1.54, 1.807) is 11.3 Å². The lowest BCUT2D eigenvalue weighted by atomic mass is 10.2. The van der Waals surface area contributed by atoms with E-state index in [1.807, 2.05) is 12.1 Å². The lowest BCUT2D eigenvalue weighted by molar-refractivity contribution is -0.386. The van der Waals surface area contributed by atoms with Gasteiger partial charge in [-0.15, -0.1) is 11.3 Å². The molecule has 0 amide bonds. The van der Waals surface area contributed by atoms with E-state index in [-0.39, 0.29) is 0 Å². The number of alkyl halides is 2. The van der Waals surface area contributed by atoms with Gasteiger partial charge >= 0.3 is 12.3 Å². The Bertz CT molecular complexity index is 661. The molecule has 2 rings (SSSR count). The van der Waals surface area contributed by atoms with Gasteiger partial charge in [0.25, 0.3) is 0 Å². The molecule has 0 aliphatic rings. The molecule has 2 aromatic rings. The highest BCUT2D eigenvalue weighted by atomic mass is 32.1. The molecule has 5 nitrogen and oxygen atoms in total. The van der Waals surface area contributed by atoms with Crippen molar-refractivity contribution < 1.29 is 18.4 Å². The summed E-state index contributed by atoms with van der Waals surface area (Å²) >= 11 is 1.65. The van der Waals surface area contributed by atoms with E-state index < -0.39 is 23.0 Å².